The molecule has 2 heteroatoms. The van der Waals surface area contributed by atoms with Crippen LogP contribution in [0.15, 0.2) is 0 Å². The molecule has 2 N–H and O–H groups in total. The van der Waals surface area contributed by atoms with E-state index in [2.05, 4.69) is 18.7 Å². The van der Waals surface area contributed by atoms with Crippen LogP contribution in [0.4, 0.5) is 0 Å². The van der Waals surface area contributed by atoms with Gasteiger partial charge in [-0.25, -0.2) is 0 Å². The summed E-state index contributed by atoms with van der Waals surface area (Å²) in [6, 6.07) is 0. The van der Waals surface area contributed by atoms with Crippen LogP contribution in [-0.4, -0.2) is 31.1 Å². The molecule has 12 heavy (non-hydrogen) atoms. The lowest BCUT2D eigenvalue weighted by molar-refractivity contribution is 0.285. The summed E-state index contributed by atoms with van der Waals surface area (Å²) in [6.45, 7) is 9.28. The van der Waals surface area contributed by atoms with E-state index >= 15 is 0 Å². The van der Waals surface area contributed by atoms with Crippen LogP contribution >= 0.6 is 0 Å². The van der Waals surface area contributed by atoms with Gasteiger partial charge in [0.05, 0.1) is 0 Å². The Labute approximate surface area is 76.1 Å². The summed E-state index contributed by atoms with van der Waals surface area (Å²) in [4.78, 5) is 2.57. The quantitative estimate of drug-likeness (QED) is 0.689. The summed E-state index contributed by atoms with van der Waals surface area (Å²) in [5.41, 5.74) is 5.54. The Morgan fingerprint density at radius 2 is 2.25 bits per heavy atom. The van der Waals surface area contributed by atoms with Crippen molar-refractivity contribution in [3.05, 3.63) is 0 Å². The Bertz CT molecular complexity index is 123. The van der Waals surface area contributed by atoms with Gasteiger partial charge in [0.25, 0.3) is 0 Å². The van der Waals surface area contributed by atoms with Gasteiger partial charge in [-0.2, -0.15) is 0 Å². The second-order valence-electron chi connectivity index (χ2n) is 4.39. The zero-order valence-corrected chi connectivity index (χ0v) is 8.42. The third-order valence-corrected chi connectivity index (χ3v) is 2.57. The topological polar surface area (TPSA) is 29.3 Å². The molecule has 1 aliphatic rings. The smallest absolute Gasteiger partial charge is 0.00107 e. The maximum Gasteiger partial charge on any atom is 0.00107 e. The molecule has 0 aliphatic carbocycles. The van der Waals surface area contributed by atoms with E-state index in [1.807, 2.05) is 0 Å². The van der Waals surface area contributed by atoms with Crippen molar-refractivity contribution in [1.82, 2.24) is 4.90 Å². The number of hydrogen-bond acceptors (Lipinski definition) is 2. The van der Waals surface area contributed by atoms with E-state index in [9.17, 15) is 0 Å². The molecule has 1 aliphatic heterocycles. The van der Waals surface area contributed by atoms with Crippen LogP contribution in [0.1, 0.15) is 26.7 Å². The van der Waals surface area contributed by atoms with Crippen molar-refractivity contribution in [3.8, 4) is 0 Å². The SMILES string of the molecule is CC(C)CN1CC[C@H](CCN)C1. The van der Waals surface area contributed by atoms with Gasteiger partial charge in [0.15, 0.2) is 0 Å². The molecule has 0 saturated carbocycles. The first kappa shape index (κ1) is 10.0. The van der Waals surface area contributed by atoms with E-state index in [0.29, 0.717) is 0 Å². The predicted molar refractivity (Wildman–Crippen MR) is 53.1 cm³/mol. The minimum Gasteiger partial charge on any atom is -0.330 e. The number of nitrogens with two attached hydrogens (primary N) is 1. The van der Waals surface area contributed by atoms with Crippen molar-refractivity contribution in [3.63, 3.8) is 0 Å². The lowest BCUT2D eigenvalue weighted by Gasteiger charge is -2.17. The third kappa shape index (κ3) is 3.11. The third-order valence-electron chi connectivity index (χ3n) is 2.57. The summed E-state index contributed by atoms with van der Waals surface area (Å²) < 4.78 is 0. The lowest BCUT2D eigenvalue weighted by Crippen LogP contribution is -2.25. The number of likely N-dealkylation sites (tertiary alicyclic amines) is 1. The van der Waals surface area contributed by atoms with Crippen molar-refractivity contribution in [2.24, 2.45) is 17.6 Å². The Kier molecular flexibility index (Phi) is 4.02. The highest BCUT2D eigenvalue weighted by molar-refractivity contribution is 4.76. The number of nitrogens with zero attached hydrogens (tertiary/aromatic N) is 1. The van der Waals surface area contributed by atoms with Crippen molar-refractivity contribution in [1.29, 1.82) is 0 Å². The summed E-state index contributed by atoms with van der Waals surface area (Å²) in [7, 11) is 0. The molecule has 0 unspecified atom stereocenters. The molecule has 0 radical (unpaired) electrons. The first-order chi connectivity index (χ1) is 5.72. The van der Waals surface area contributed by atoms with Gasteiger partial charge in [-0.1, -0.05) is 13.8 Å². The van der Waals surface area contributed by atoms with E-state index in [1.165, 1.54) is 32.5 Å². The van der Waals surface area contributed by atoms with E-state index in [4.69, 9.17) is 5.73 Å². The number of rotatable bonds is 4. The van der Waals surface area contributed by atoms with Gasteiger partial charge < -0.3 is 10.6 Å². The van der Waals surface area contributed by atoms with Gasteiger partial charge in [0.2, 0.25) is 0 Å². The maximum atomic E-state index is 5.54. The van der Waals surface area contributed by atoms with Crippen molar-refractivity contribution >= 4 is 0 Å². The van der Waals surface area contributed by atoms with Gasteiger partial charge >= 0.3 is 0 Å². The van der Waals surface area contributed by atoms with E-state index in [1.54, 1.807) is 0 Å². The summed E-state index contributed by atoms with van der Waals surface area (Å²) in [5.74, 6) is 1.69. The molecule has 2 nitrogen and oxygen atoms in total. The van der Waals surface area contributed by atoms with Crippen molar-refractivity contribution in [2.75, 3.05) is 26.2 Å². The molecule has 1 fully saturated rings. The summed E-state index contributed by atoms with van der Waals surface area (Å²) in [6.07, 6.45) is 2.58. The first-order valence-electron chi connectivity index (χ1n) is 5.14. The van der Waals surface area contributed by atoms with Crippen LogP contribution in [-0.2, 0) is 0 Å². The summed E-state index contributed by atoms with van der Waals surface area (Å²) >= 11 is 0. The minimum absolute atomic E-state index is 0.807. The predicted octanol–water partition coefficient (Wildman–Crippen LogP) is 1.31. The Morgan fingerprint density at radius 3 is 2.83 bits per heavy atom. The number of hydrogen-bond donors (Lipinski definition) is 1. The van der Waals surface area contributed by atoms with Crippen LogP contribution in [0.25, 0.3) is 0 Å². The van der Waals surface area contributed by atoms with Gasteiger partial charge in [0, 0.05) is 13.1 Å². The van der Waals surface area contributed by atoms with Gasteiger partial charge in [-0.15, -0.1) is 0 Å². The Morgan fingerprint density at radius 1 is 1.50 bits per heavy atom. The van der Waals surface area contributed by atoms with E-state index < -0.39 is 0 Å². The molecule has 0 aromatic carbocycles. The van der Waals surface area contributed by atoms with Crippen LogP contribution in [0, 0.1) is 11.8 Å². The molecule has 1 atom stereocenters. The Balaban J connectivity index is 2.16. The standard InChI is InChI=1S/C10H22N2/c1-9(2)7-12-6-4-10(8-12)3-5-11/h9-10H,3-8,11H2,1-2H3/t10-/m0/s1. The first-order valence-corrected chi connectivity index (χ1v) is 5.14. The maximum absolute atomic E-state index is 5.54. The minimum atomic E-state index is 0.807. The highest BCUT2D eigenvalue weighted by Crippen LogP contribution is 2.19. The summed E-state index contributed by atoms with van der Waals surface area (Å²) in [5, 5.41) is 0. The molecular formula is C10H22N2. The molecule has 0 amide bonds. The van der Waals surface area contributed by atoms with E-state index in [0.717, 1.165) is 18.4 Å². The fourth-order valence-electron chi connectivity index (χ4n) is 2.07. The molecule has 0 spiro atoms. The van der Waals surface area contributed by atoms with E-state index in [-0.39, 0.29) is 0 Å². The fourth-order valence-corrected chi connectivity index (χ4v) is 2.07. The molecule has 0 aromatic rings. The second kappa shape index (κ2) is 4.83. The van der Waals surface area contributed by atoms with Crippen LogP contribution in [0.2, 0.25) is 0 Å². The average Bonchev–Trinajstić information content (AvgIpc) is 2.36. The molecular weight excluding hydrogens is 148 g/mol. The lowest BCUT2D eigenvalue weighted by atomic mass is 10.1. The van der Waals surface area contributed by atoms with Crippen LogP contribution in [0.5, 0.6) is 0 Å². The van der Waals surface area contributed by atoms with Gasteiger partial charge in [-0.05, 0) is 37.8 Å². The highest BCUT2D eigenvalue weighted by atomic mass is 15.1. The molecule has 1 saturated heterocycles. The van der Waals surface area contributed by atoms with Gasteiger partial charge in [0.1, 0.15) is 0 Å². The zero-order chi connectivity index (χ0) is 8.97. The van der Waals surface area contributed by atoms with Crippen molar-refractivity contribution in [2.45, 2.75) is 26.7 Å². The molecule has 1 heterocycles. The fraction of sp³-hybridized carbons (Fsp3) is 1.00. The molecule has 1 rings (SSSR count). The average molecular weight is 170 g/mol. The van der Waals surface area contributed by atoms with Gasteiger partial charge in [-0.3, -0.25) is 0 Å². The molecule has 0 aromatic heterocycles. The Hall–Kier alpha value is -0.0800. The monoisotopic (exact) mass is 170 g/mol. The zero-order valence-electron chi connectivity index (χ0n) is 8.42. The largest absolute Gasteiger partial charge is 0.330 e. The molecule has 72 valence electrons. The molecule has 0 bridgehead atoms. The van der Waals surface area contributed by atoms with Crippen LogP contribution in [0.3, 0.4) is 0 Å². The second-order valence-corrected chi connectivity index (χ2v) is 4.39. The highest BCUT2D eigenvalue weighted by Gasteiger charge is 2.21. The normalized spacial score (nSPS) is 25.5. The van der Waals surface area contributed by atoms with Crippen molar-refractivity contribution < 1.29 is 0 Å². The van der Waals surface area contributed by atoms with Crippen LogP contribution < -0.4 is 5.73 Å².